The van der Waals surface area contributed by atoms with Crippen molar-refractivity contribution < 1.29 is 4.79 Å². The molecule has 0 radical (unpaired) electrons. The summed E-state index contributed by atoms with van der Waals surface area (Å²) in [7, 11) is 1.63. The molecule has 0 aliphatic heterocycles. The third-order valence-electron chi connectivity index (χ3n) is 1.33. The van der Waals surface area contributed by atoms with Crippen LogP contribution in [0.15, 0.2) is 12.2 Å². The predicted octanol–water partition coefficient (Wildman–Crippen LogP) is 0.507. The number of hydrogen-bond acceptors (Lipinski definition) is 2. The van der Waals surface area contributed by atoms with Crippen LogP contribution >= 0.6 is 11.6 Å². The highest BCUT2D eigenvalue weighted by Crippen LogP contribution is 1.78. The summed E-state index contributed by atoms with van der Waals surface area (Å²) in [6.45, 7) is 1.47. The van der Waals surface area contributed by atoms with E-state index >= 15 is 0 Å². The minimum absolute atomic E-state index is 0.0591. The second kappa shape index (κ2) is 8.56. The molecule has 0 bridgehead atoms. The normalized spacial score (nSPS) is 10.5. The first kappa shape index (κ1) is 11.5. The van der Waals surface area contributed by atoms with E-state index in [9.17, 15) is 4.79 Å². The Hall–Kier alpha value is -0.540. The molecule has 0 rings (SSSR count). The monoisotopic (exact) mass is 190 g/mol. The maximum absolute atomic E-state index is 10.7. The number of rotatable bonds is 6. The molecule has 3 nitrogen and oxygen atoms in total. The van der Waals surface area contributed by atoms with Gasteiger partial charge in [-0.2, -0.15) is 0 Å². The van der Waals surface area contributed by atoms with Crippen molar-refractivity contribution >= 4 is 17.5 Å². The van der Waals surface area contributed by atoms with Crippen molar-refractivity contribution in [2.75, 3.05) is 26.0 Å². The van der Waals surface area contributed by atoms with Crippen LogP contribution in [0.4, 0.5) is 0 Å². The number of carbonyl (C=O) groups excluding carboxylic acids is 1. The standard InChI is InChI=1S/C8H15ClN2O/c1-10-8(12)4-7-11-6-3-2-5-9/h2-3,11H,4-7H2,1H3,(H,10,12)/b3-2+. The van der Waals surface area contributed by atoms with Crippen molar-refractivity contribution in [3.63, 3.8) is 0 Å². The third kappa shape index (κ3) is 7.57. The first-order valence-corrected chi connectivity index (χ1v) is 4.47. The number of nitrogens with one attached hydrogen (secondary N) is 2. The van der Waals surface area contributed by atoms with E-state index in [1.54, 1.807) is 7.05 Å². The smallest absolute Gasteiger partial charge is 0.221 e. The van der Waals surface area contributed by atoms with Gasteiger partial charge in [-0.25, -0.2) is 0 Å². The predicted molar refractivity (Wildman–Crippen MR) is 51.4 cm³/mol. The fourth-order valence-electron chi connectivity index (χ4n) is 0.659. The second-order valence-electron chi connectivity index (χ2n) is 2.25. The molecule has 0 saturated carbocycles. The molecule has 0 atom stereocenters. The van der Waals surface area contributed by atoms with Gasteiger partial charge in [0.25, 0.3) is 0 Å². The molecule has 70 valence electrons. The quantitative estimate of drug-likeness (QED) is 0.364. The van der Waals surface area contributed by atoms with Crippen LogP contribution in [-0.4, -0.2) is 31.9 Å². The molecule has 0 aliphatic carbocycles. The minimum atomic E-state index is 0.0591. The molecule has 0 aromatic carbocycles. The van der Waals surface area contributed by atoms with Gasteiger partial charge < -0.3 is 10.6 Å². The number of halogens is 1. The van der Waals surface area contributed by atoms with E-state index in [1.165, 1.54) is 0 Å². The van der Waals surface area contributed by atoms with Gasteiger partial charge >= 0.3 is 0 Å². The number of amides is 1. The number of alkyl halides is 1. The minimum Gasteiger partial charge on any atom is -0.359 e. The van der Waals surface area contributed by atoms with Gasteiger partial charge in [-0.3, -0.25) is 4.79 Å². The Morgan fingerprint density at radius 3 is 2.83 bits per heavy atom. The number of allylic oxidation sites excluding steroid dienone is 1. The van der Waals surface area contributed by atoms with E-state index in [2.05, 4.69) is 10.6 Å². The largest absolute Gasteiger partial charge is 0.359 e. The Morgan fingerprint density at radius 2 is 2.25 bits per heavy atom. The fourth-order valence-corrected chi connectivity index (χ4v) is 0.785. The van der Waals surface area contributed by atoms with Crippen LogP contribution in [0, 0.1) is 0 Å². The van der Waals surface area contributed by atoms with Gasteiger partial charge in [-0.05, 0) is 0 Å². The van der Waals surface area contributed by atoms with Gasteiger partial charge in [0.1, 0.15) is 0 Å². The lowest BCUT2D eigenvalue weighted by Gasteiger charge is -1.99. The molecule has 0 heterocycles. The zero-order valence-electron chi connectivity index (χ0n) is 7.27. The maximum Gasteiger partial charge on any atom is 0.221 e. The highest BCUT2D eigenvalue weighted by atomic mass is 35.5. The van der Waals surface area contributed by atoms with Crippen molar-refractivity contribution in [1.82, 2.24) is 10.6 Å². The average Bonchev–Trinajstić information content (AvgIpc) is 2.10. The molecule has 0 aliphatic rings. The van der Waals surface area contributed by atoms with Gasteiger partial charge in [0.15, 0.2) is 0 Å². The Morgan fingerprint density at radius 1 is 1.50 bits per heavy atom. The molecule has 0 spiro atoms. The van der Waals surface area contributed by atoms with Gasteiger partial charge in [-0.1, -0.05) is 12.2 Å². The zero-order valence-corrected chi connectivity index (χ0v) is 8.03. The Bertz CT molecular complexity index is 148. The van der Waals surface area contributed by atoms with Crippen molar-refractivity contribution in [1.29, 1.82) is 0 Å². The van der Waals surface area contributed by atoms with Gasteiger partial charge in [0.2, 0.25) is 5.91 Å². The van der Waals surface area contributed by atoms with Crippen LogP contribution in [0.5, 0.6) is 0 Å². The van der Waals surface area contributed by atoms with Gasteiger partial charge in [0, 0.05) is 32.4 Å². The second-order valence-corrected chi connectivity index (χ2v) is 2.56. The molecule has 0 unspecified atom stereocenters. The lowest BCUT2D eigenvalue weighted by atomic mass is 10.4. The third-order valence-corrected chi connectivity index (χ3v) is 1.50. The summed E-state index contributed by atoms with van der Waals surface area (Å²) >= 11 is 5.41. The first-order chi connectivity index (χ1) is 5.81. The molecule has 2 N–H and O–H groups in total. The fraction of sp³-hybridized carbons (Fsp3) is 0.625. The van der Waals surface area contributed by atoms with Crippen LogP contribution in [0.2, 0.25) is 0 Å². The molecular weight excluding hydrogens is 176 g/mol. The lowest BCUT2D eigenvalue weighted by molar-refractivity contribution is -0.120. The Balaban J connectivity index is 3.10. The lowest BCUT2D eigenvalue weighted by Crippen LogP contribution is -2.24. The van der Waals surface area contributed by atoms with Crippen LogP contribution in [0.25, 0.3) is 0 Å². The average molecular weight is 191 g/mol. The van der Waals surface area contributed by atoms with E-state index in [1.807, 2.05) is 12.2 Å². The molecule has 0 aromatic heterocycles. The van der Waals surface area contributed by atoms with Crippen molar-refractivity contribution in [2.45, 2.75) is 6.42 Å². The summed E-state index contributed by atoms with van der Waals surface area (Å²) in [5, 5.41) is 5.63. The molecule has 0 saturated heterocycles. The Kier molecular flexibility index (Phi) is 8.17. The molecule has 4 heteroatoms. The van der Waals surface area contributed by atoms with E-state index < -0.39 is 0 Å². The summed E-state index contributed by atoms with van der Waals surface area (Å²) in [5.74, 6) is 0.598. The van der Waals surface area contributed by atoms with Crippen LogP contribution in [0.1, 0.15) is 6.42 Å². The summed E-state index contributed by atoms with van der Waals surface area (Å²) in [5.41, 5.74) is 0. The molecule has 0 fully saturated rings. The van der Waals surface area contributed by atoms with Crippen molar-refractivity contribution in [2.24, 2.45) is 0 Å². The van der Waals surface area contributed by atoms with Crippen LogP contribution in [-0.2, 0) is 4.79 Å². The summed E-state index contributed by atoms with van der Waals surface area (Å²) in [6, 6.07) is 0. The van der Waals surface area contributed by atoms with Gasteiger partial charge in [0.05, 0.1) is 0 Å². The zero-order chi connectivity index (χ0) is 9.23. The van der Waals surface area contributed by atoms with Crippen molar-refractivity contribution in [3.8, 4) is 0 Å². The number of carbonyl (C=O) groups is 1. The molecule has 12 heavy (non-hydrogen) atoms. The van der Waals surface area contributed by atoms with E-state index in [-0.39, 0.29) is 5.91 Å². The SMILES string of the molecule is CNC(=O)CCNC/C=C/CCl. The highest BCUT2D eigenvalue weighted by Gasteiger charge is 1.94. The van der Waals surface area contributed by atoms with Crippen LogP contribution < -0.4 is 10.6 Å². The van der Waals surface area contributed by atoms with Crippen molar-refractivity contribution in [3.05, 3.63) is 12.2 Å². The highest BCUT2D eigenvalue weighted by molar-refractivity contribution is 6.18. The summed E-state index contributed by atoms with van der Waals surface area (Å²) < 4.78 is 0. The van der Waals surface area contributed by atoms with E-state index in [0.29, 0.717) is 18.8 Å². The summed E-state index contributed by atoms with van der Waals surface area (Å²) in [4.78, 5) is 10.7. The topological polar surface area (TPSA) is 41.1 Å². The summed E-state index contributed by atoms with van der Waals surface area (Å²) in [6.07, 6.45) is 4.33. The maximum atomic E-state index is 10.7. The van der Waals surface area contributed by atoms with Gasteiger partial charge in [-0.15, -0.1) is 11.6 Å². The first-order valence-electron chi connectivity index (χ1n) is 3.93. The molecule has 0 aromatic rings. The Labute approximate surface area is 78.2 Å². The molecule has 1 amide bonds. The van der Waals surface area contributed by atoms with E-state index in [0.717, 1.165) is 6.54 Å². The van der Waals surface area contributed by atoms with Crippen LogP contribution in [0.3, 0.4) is 0 Å². The number of hydrogen-bond donors (Lipinski definition) is 2. The molecular formula is C8H15ClN2O. The van der Waals surface area contributed by atoms with E-state index in [4.69, 9.17) is 11.6 Å².